The second-order valence-electron chi connectivity index (χ2n) is 11.0. The summed E-state index contributed by atoms with van der Waals surface area (Å²) in [6.45, 7) is 7.17. The van der Waals surface area contributed by atoms with Crippen molar-refractivity contribution >= 4 is 23.5 Å². The van der Waals surface area contributed by atoms with E-state index in [1.807, 2.05) is 51.1 Å². The van der Waals surface area contributed by atoms with Crippen LogP contribution < -0.4 is 0 Å². The molecule has 3 aliphatic rings. The lowest BCUT2D eigenvalue weighted by Crippen LogP contribution is -2.35. The number of allylic oxidation sites excluding steroid dienone is 1. The van der Waals surface area contributed by atoms with E-state index < -0.39 is 0 Å². The highest BCUT2D eigenvalue weighted by Gasteiger charge is 2.56. The number of rotatable bonds is 9. The Bertz CT molecular complexity index is 1290. The van der Waals surface area contributed by atoms with Crippen LogP contribution in [0.25, 0.3) is 11.6 Å². The van der Waals surface area contributed by atoms with E-state index in [9.17, 15) is 14.7 Å². The molecular formula is C32H38N2O5. The normalized spacial score (nSPS) is 24.9. The molecule has 1 aromatic carbocycles. The van der Waals surface area contributed by atoms with Crippen molar-refractivity contribution < 1.29 is 24.2 Å². The molecule has 7 heteroatoms. The highest BCUT2D eigenvalue weighted by Crippen LogP contribution is 2.50. The van der Waals surface area contributed by atoms with Gasteiger partial charge < -0.3 is 14.6 Å². The van der Waals surface area contributed by atoms with E-state index in [0.29, 0.717) is 31.9 Å². The minimum Gasteiger partial charge on any atom is -0.507 e. The summed E-state index contributed by atoms with van der Waals surface area (Å²) in [5.41, 5.74) is 6.94. The molecule has 3 heterocycles. The van der Waals surface area contributed by atoms with Gasteiger partial charge in [0.05, 0.1) is 36.8 Å². The number of hydrogen-bond donors (Lipinski definition) is 1. The summed E-state index contributed by atoms with van der Waals surface area (Å²) >= 11 is 0. The number of nitrogens with zero attached hydrogens (tertiary/aromatic N) is 2. The Kier molecular flexibility index (Phi) is 8.01. The van der Waals surface area contributed by atoms with Crippen molar-refractivity contribution in [3.63, 3.8) is 0 Å². The highest BCUT2D eigenvalue weighted by molar-refractivity contribution is 6.06. The van der Waals surface area contributed by atoms with E-state index >= 15 is 0 Å². The topological polar surface area (TPSA) is 89.0 Å². The zero-order valence-electron chi connectivity index (χ0n) is 23.3. The number of likely N-dealkylation sites (tertiary alicyclic amines) is 1. The summed E-state index contributed by atoms with van der Waals surface area (Å²) in [5.74, 6) is -0.483. The largest absolute Gasteiger partial charge is 0.507 e. The number of aromatic hydroxyl groups is 1. The van der Waals surface area contributed by atoms with Crippen molar-refractivity contribution in [3.05, 3.63) is 70.1 Å². The van der Waals surface area contributed by atoms with E-state index in [-0.39, 0.29) is 35.7 Å². The average Bonchev–Trinajstić information content (AvgIpc) is 3.45. The lowest BCUT2D eigenvalue weighted by molar-refractivity contribution is -0.140. The molecule has 2 aromatic rings. The molecule has 1 aliphatic carbocycles. The molecule has 206 valence electrons. The number of carbonyl (C=O) groups is 2. The molecule has 1 aromatic heterocycles. The second-order valence-corrected chi connectivity index (χ2v) is 11.0. The van der Waals surface area contributed by atoms with Gasteiger partial charge in [0.15, 0.2) is 0 Å². The van der Waals surface area contributed by atoms with Gasteiger partial charge in [-0.3, -0.25) is 19.5 Å². The number of aromatic nitrogens is 1. The van der Waals surface area contributed by atoms with E-state index in [1.165, 1.54) is 4.90 Å². The Labute approximate surface area is 230 Å². The molecule has 0 bridgehead atoms. The lowest BCUT2D eigenvalue weighted by Gasteiger charge is -2.31. The van der Waals surface area contributed by atoms with Gasteiger partial charge in [-0.2, -0.15) is 0 Å². The number of fused-ring (bicyclic) bond motifs is 3. The third kappa shape index (κ3) is 5.18. The molecule has 0 unspecified atom stereocenters. The molecule has 39 heavy (non-hydrogen) atoms. The maximum Gasteiger partial charge on any atom is 0.233 e. The van der Waals surface area contributed by atoms with Gasteiger partial charge in [-0.25, -0.2) is 0 Å². The van der Waals surface area contributed by atoms with Gasteiger partial charge in [-0.15, -0.1) is 0 Å². The third-order valence-corrected chi connectivity index (χ3v) is 8.39. The molecular weight excluding hydrogens is 492 g/mol. The van der Waals surface area contributed by atoms with Crippen LogP contribution in [0, 0.1) is 31.6 Å². The fraction of sp³-hybridized carbons (Fsp3) is 0.469. The predicted octanol–water partition coefficient (Wildman–Crippen LogP) is 5.10. The van der Waals surface area contributed by atoms with E-state index in [1.54, 1.807) is 13.3 Å². The minimum atomic E-state index is -0.335. The SMILES string of the molecule is CCCN1C(=O)[C@@H]2[C@@H](CC(COC)=C3[C@@H](CC/C(=C/c4cc(C)c(O)c(C)c4)c4ccccn4)OC[C@@H]32)C1=O. The van der Waals surface area contributed by atoms with Gasteiger partial charge in [-0.1, -0.05) is 13.0 Å². The molecule has 1 N–H and O–H groups in total. The Balaban J connectivity index is 1.43. The average molecular weight is 531 g/mol. The molecule has 5 rings (SSSR count). The first-order valence-corrected chi connectivity index (χ1v) is 13.9. The number of methoxy groups -OCH3 is 1. The van der Waals surface area contributed by atoms with E-state index in [4.69, 9.17) is 9.47 Å². The summed E-state index contributed by atoms with van der Waals surface area (Å²) in [4.78, 5) is 32.6. The number of ether oxygens (including phenoxy) is 2. The van der Waals surface area contributed by atoms with Crippen LogP contribution in [0.2, 0.25) is 0 Å². The van der Waals surface area contributed by atoms with Crippen LogP contribution in [0.1, 0.15) is 55.0 Å². The minimum absolute atomic E-state index is 0.0391. The van der Waals surface area contributed by atoms with Crippen LogP contribution in [0.4, 0.5) is 0 Å². The van der Waals surface area contributed by atoms with Crippen LogP contribution >= 0.6 is 0 Å². The molecule has 2 fully saturated rings. The number of hydrogen-bond acceptors (Lipinski definition) is 6. The molecule has 2 amide bonds. The number of imide groups is 1. The molecule has 2 saturated heterocycles. The van der Waals surface area contributed by atoms with Crippen molar-refractivity contribution in [2.45, 2.75) is 52.6 Å². The number of aryl methyl sites for hydroxylation is 2. The Morgan fingerprint density at radius 3 is 2.62 bits per heavy atom. The number of pyridine rings is 1. The van der Waals surface area contributed by atoms with Gasteiger partial charge in [0.2, 0.25) is 11.8 Å². The van der Waals surface area contributed by atoms with Gasteiger partial charge in [-0.05, 0) is 103 Å². The monoisotopic (exact) mass is 530 g/mol. The molecule has 0 saturated carbocycles. The van der Waals surface area contributed by atoms with Crippen LogP contribution in [0.3, 0.4) is 0 Å². The highest BCUT2D eigenvalue weighted by atomic mass is 16.5. The Morgan fingerprint density at radius 1 is 1.18 bits per heavy atom. The van der Waals surface area contributed by atoms with Gasteiger partial charge >= 0.3 is 0 Å². The van der Waals surface area contributed by atoms with Gasteiger partial charge in [0.1, 0.15) is 5.75 Å². The molecule has 0 spiro atoms. The summed E-state index contributed by atoms with van der Waals surface area (Å²) in [6.07, 6.45) is 6.56. The predicted molar refractivity (Wildman–Crippen MR) is 150 cm³/mol. The molecule has 2 aliphatic heterocycles. The van der Waals surface area contributed by atoms with Gasteiger partial charge in [0.25, 0.3) is 0 Å². The summed E-state index contributed by atoms with van der Waals surface area (Å²) in [7, 11) is 1.67. The first-order chi connectivity index (χ1) is 18.8. The van der Waals surface area contributed by atoms with Crippen LogP contribution in [-0.2, 0) is 19.1 Å². The summed E-state index contributed by atoms with van der Waals surface area (Å²) in [5, 5.41) is 10.2. The number of amides is 2. The van der Waals surface area contributed by atoms with E-state index in [0.717, 1.165) is 58.4 Å². The number of carbonyl (C=O) groups excluding carboxylic acids is 2. The summed E-state index contributed by atoms with van der Waals surface area (Å²) in [6, 6.07) is 9.87. The molecule has 0 radical (unpaired) electrons. The fourth-order valence-electron chi connectivity index (χ4n) is 6.68. The Morgan fingerprint density at radius 2 is 1.95 bits per heavy atom. The van der Waals surface area contributed by atoms with Crippen LogP contribution in [0.15, 0.2) is 47.7 Å². The smallest absolute Gasteiger partial charge is 0.233 e. The maximum atomic E-state index is 13.3. The van der Waals surface area contributed by atoms with Crippen molar-refractivity contribution in [3.8, 4) is 5.75 Å². The fourth-order valence-corrected chi connectivity index (χ4v) is 6.68. The summed E-state index contributed by atoms with van der Waals surface area (Å²) < 4.78 is 11.9. The first-order valence-electron chi connectivity index (χ1n) is 13.9. The van der Waals surface area contributed by atoms with E-state index in [2.05, 4.69) is 11.1 Å². The standard InChI is InChI=1S/C32H38N2O5/c1-5-12-34-31(36)24-16-23(17-38-4)28-25(29(24)32(34)37)18-39-27(28)10-9-22(26-8-6-7-11-33-26)15-21-13-19(2)30(35)20(3)14-21/h6-8,11,13-15,24-25,27,29,35H,5,9-10,12,16-18H2,1-4H3/b22-15-/t24-,25+,27-,29-/m1/s1. The van der Waals surface area contributed by atoms with Crippen molar-refractivity contribution in [2.75, 3.05) is 26.9 Å². The van der Waals surface area contributed by atoms with Crippen LogP contribution in [0.5, 0.6) is 5.75 Å². The van der Waals surface area contributed by atoms with Crippen molar-refractivity contribution in [1.29, 1.82) is 0 Å². The Hall–Kier alpha value is -3.29. The zero-order chi connectivity index (χ0) is 27.7. The van der Waals surface area contributed by atoms with Crippen LogP contribution in [-0.4, -0.2) is 59.8 Å². The van der Waals surface area contributed by atoms with Crippen molar-refractivity contribution in [1.82, 2.24) is 9.88 Å². The number of benzene rings is 1. The first kappa shape index (κ1) is 27.3. The number of phenolic OH excluding ortho intramolecular Hbond substituents is 1. The lowest BCUT2D eigenvalue weighted by atomic mass is 9.69. The quantitative estimate of drug-likeness (QED) is 0.359. The van der Waals surface area contributed by atoms with Gasteiger partial charge in [0, 0.05) is 25.8 Å². The molecule has 7 nitrogen and oxygen atoms in total. The third-order valence-electron chi connectivity index (χ3n) is 8.39. The van der Waals surface area contributed by atoms with Crippen molar-refractivity contribution in [2.24, 2.45) is 17.8 Å². The zero-order valence-corrected chi connectivity index (χ0v) is 23.3. The number of phenols is 1. The maximum absolute atomic E-state index is 13.3. The molecule has 4 atom stereocenters. The second kappa shape index (κ2) is 11.4.